The smallest absolute Gasteiger partial charge is 0.129 e. The van der Waals surface area contributed by atoms with Gasteiger partial charge in [-0.3, -0.25) is 4.90 Å². The van der Waals surface area contributed by atoms with Gasteiger partial charge in [0.25, 0.3) is 0 Å². The van der Waals surface area contributed by atoms with Crippen LogP contribution in [0, 0.1) is 0 Å². The van der Waals surface area contributed by atoms with Crippen LogP contribution in [0.3, 0.4) is 0 Å². The maximum absolute atomic E-state index is 9.51. The van der Waals surface area contributed by atoms with E-state index in [0.717, 1.165) is 23.1 Å². The number of ether oxygens (including phenoxy) is 2. The number of phenols is 1. The van der Waals surface area contributed by atoms with Crippen LogP contribution in [0.5, 0.6) is 5.75 Å². The van der Waals surface area contributed by atoms with Crippen LogP contribution in [0.2, 0.25) is 0 Å². The second-order valence-electron chi connectivity index (χ2n) is 4.55. The lowest BCUT2D eigenvalue weighted by molar-refractivity contribution is 0.0705. The predicted octanol–water partition coefficient (Wildman–Crippen LogP) is 2.64. The summed E-state index contributed by atoms with van der Waals surface area (Å²) in [6.07, 6.45) is 0. The van der Waals surface area contributed by atoms with Gasteiger partial charge in [0.05, 0.1) is 17.7 Å². The molecule has 1 atom stereocenters. The van der Waals surface area contributed by atoms with Gasteiger partial charge in [-0.25, -0.2) is 0 Å². The first-order valence-corrected chi connectivity index (χ1v) is 7.07. The normalized spacial score (nSPS) is 12.9. The Hall–Kier alpha value is -0.620. The summed E-state index contributed by atoms with van der Waals surface area (Å²) in [4.78, 5) is 2.30. The van der Waals surface area contributed by atoms with Crippen molar-refractivity contribution in [3.63, 3.8) is 0 Å². The van der Waals surface area contributed by atoms with E-state index in [1.165, 1.54) is 0 Å². The minimum atomic E-state index is 0.261. The van der Waals surface area contributed by atoms with Crippen LogP contribution in [0.4, 0.5) is 0 Å². The summed E-state index contributed by atoms with van der Waals surface area (Å²) in [7, 11) is 3.42. The highest BCUT2D eigenvalue weighted by molar-refractivity contribution is 9.10. The van der Waals surface area contributed by atoms with Gasteiger partial charge in [-0.2, -0.15) is 0 Å². The highest BCUT2D eigenvalue weighted by Crippen LogP contribution is 2.25. The quantitative estimate of drug-likeness (QED) is 0.795. The van der Waals surface area contributed by atoms with E-state index in [1.807, 2.05) is 12.1 Å². The van der Waals surface area contributed by atoms with Crippen molar-refractivity contribution in [1.82, 2.24) is 4.90 Å². The molecule has 1 rings (SSSR count). The highest BCUT2D eigenvalue weighted by Gasteiger charge is 2.14. The van der Waals surface area contributed by atoms with Crippen LogP contribution in [0.1, 0.15) is 12.5 Å². The van der Waals surface area contributed by atoms with Crippen LogP contribution in [0.25, 0.3) is 0 Å². The van der Waals surface area contributed by atoms with Crippen molar-refractivity contribution in [3.05, 3.63) is 28.2 Å². The van der Waals surface area contributed by atoms with E-state index < -0.39 is 0 Å². The Morgan fingerprint density at radius 1 is 1.32 bits per heavy atom. The number of hydrogen-bond donors (Lipinski definition) is 1. The van der Waals surface area contributed by atoms with E-state index in [2.05, 4.69) is 27.8 Å². The van der Waals surface area contributed by atoms with E-state index in [4.69, 9.17) is 9.47 Å². The third-order valence-electron chi connectivity index (χ3n) is 3.01. The lowest BCUT2D eigenvalue weighted by Crippen LogP contribution is -2.38. The van der Waals surface area contributed by atoms with E-state index >= 15 is 0 Å². The number of halogens is 1. The molecule has 0 fully saturated rings. The fourth-order valence-electron chi connectivity index (χ4n) is 1.89. The van der Waals surface area contributed by atoms with E-state index in [1.54, 1.807) is 20.3 Å². The molecule has 0 bridgehead atoms. The molecule has 0 radical (unpaired) electrons. The van der Waals surface area contributed by atoms with Crippen LogP contribution in [-0.4, -0.2) is 50.0 Å². The largest absolute Gasteiger partial charge is 0.507 e. The molecule has 1 unspecified atom stereocenters. The Morgan fingerprint density at radius 2 is 2.05 bits per heavy atom. The maximum Gasteiger partial charge on any atom is 0.129 e. The Labute approximate surface area is 123 Å². The van der Waals surface area contributed by atoms with Crippen molar-refractivity contribution in [2.75, 3.05) is 34.0 Å². The summed E-state index contributed by atoms with van der Waals surface area (Å²) in [5.74, 6) is 0.261. The van der Waals surface area contributed by atoms with Gasteiger partial charge < -0.3 is 14.6 Å². The van der Waals surface area contributed by atoms with Crippen molar-refractivity contribution in [2.45, 2.75) is 19.5 Å². The third kappa shape index (κ3) is 5.48. The SMILES string of the molecule is COCCN(Cc1ccc(O)c(Br)c1)C(C)COC. The zero-order valence-corrected chi connectivity index (χ0v) is 13.3. The average molecular weight is 332 g/mol. The minimum Gasteiger partial charge on any atom is -0.507 e. The first-order chi connectivity index (χ1) is 9.08. The van der Waals surface area contributed by atoms with Crippen LogP contribution in [-0.2, 0) is 16.0 Å². The number of rotatable bonds is 8. The number of hydrogen-bond acceptors (Lipinski definition) is 4. The molecule has 108 valence electrons. The fourth-order valence-corrected chi connectivity index (χ4v) is 2.32. The molecule has 0 amide bonds. The van der Waals surface area contributed by atoms with Gasteiger partial charge >= 0.3 is 0 Å². The molecule has 1 aromatic carbocycles. The second-order valence-corrected chi connectivity index (χ2v) is 5.41. The monoisotopic (exact) mass is 331 g/mol. The van der Waals surface area contributed by atoms with Crippen LogP contribution >= 0.6 is 15.9 Å². The first kappa shape index (κ1) is 16.4. The fraction of sp³-hybridized carbons (Fsp3) is 0.571. The van der Waals surface area contributed by atoms with Gasteiger partial charge in [-0.1, -0.05) is 6.07 Å². The topological polar surface area (TPSA) is 41.9 Å². The zero-order chi connectivity index (χ0) is 14.3. The summed E-state index contributed by atoms with van der Waals surface area (Å²) in [5.41, 5.74) is 1.14. The Kier molecular flexibility index (Phi) is 7.38. The predicted molar refractivity (Wildman–Crippen MR) is 79.4 cm³/mol. The van der Waals surface area contributed by atoms with E-state index in [-0.39, 0.29) is 5.75 Å². The van der Waals surface area contributed by atoms with Crippen LogP contribution < -0.4 is 0 Å². The number of benzene rings is 1. The molecule has 0 spiro atoms. The molecule has 0 saturated carbocycles. The van der Waals surface area contributed by atoms with Gasteiger partial charge in [0.1, 0.15) is 5.75 Å². The van der Waals surface area contributed by atoms with Crippen molar-refractivity contribution in [3.8, 4) is 5.75 Å². The second kappa shape index (κ2) is 8.53. The molecule has 1 N–H and O–H groups in total. The van der Waals surface area contributed by atoms with Crippen LogP contribution in [0.15, 0.2) is 22.7 Å². The molecule has 0 saturated heterocycles. The molecule has 0 aromatic heterocycles. The molecule has 0 heterocycles. The molecular formula is C14H22BrNO3. The van der Waals surface area contributed by atoms with Gasteiger partial charge in [0.2, 0.25) is 0 Å². The van der Waals surface area contributed by atoms with Crippen molar-refractivity contribution < 1.29 is 14.6 Å². The van der Waals surface area contributed by atoms with Crippen molar-refractivity contribution >= 4 is 15.9 Å². The molecule has 19 heavy (non-hydrogen) atoms. The Morgan fingerprint density at radius 3 is 2.63 bits per heavy atom. The zero-order valence-electron chi connectivity index (χ0n) is 11.7. The average Bonchev–Trinajstić information content (AvgIpc) is 2.39. The molecule has 5 heteroatoms. The molecule has 0 aliphatic carbocycles. The van der Waals surface area contributed by atoms with Gasteiger partial charge in [0, 0.05) is 33.4 Å². The van der Waals surface area contributed by atoms with E-state index in [9.17, 15) is 5.11 Å². The number of phenolic OH excluding ortho intramolecular Hbond substituents is 1. The number of nitrogens with zero attached hydrogens (tertiary/aromatic N) is 1. The Bertz CT molecular complexity index is 387. The minimum absolute atomic E-state index is 0.261. The number of aromatic hydroxyl groups is 1. The summed E-state index contributed by atoms with van der Waals surface area (Å²) in [5, 5.41) is 9.51. The summed E-state index contributed by atoms with van der Waals surface area (Å²) in [6, 6.07) is 5.89. The van der Waals surface area contributed by atoms with E-state index in [0.29, 0.717) is 19.3 Å². The van der Waals surface area contributed by atoms with Crippen molar-refractivity contribution in [1.29, 1.82) is 0 Å². The Balaban J connectivity index is 2.71. The van der Waals surface area contributed by atoms with Gasteiger partial charge in [0.15, 0.2) is 0 Å². The summed E-state index contributed by atoms with van der Waals surface area (Å²) >= 11 is 3.34. The number of methoxy groups -OCH3 is 2. The molecule has 4 nitrogen and oxygen atoms in total. The summed E-state index contributed by atoms with van der Waals surface area (Å²) in [6.45, 7) is 5.15. The standard InChI is InChI=1S/C14H22BrNO3/c1-11(10-19-3)16(6-7-18-2)9-12-4-5-14(17)13(15)8-12/h4-5,8,11,17H,6-7,9-10H2,1-3H3. The molecule has 1 aromatic rings. The molecular weight excluding hydrogens is 310 g/mol. The summed E-state index contributed by atoms with van der Waals surface area (Å²) < 4.78 is 11.1. The molecule has 0 aliphatic heterocycles. The first-order valence-electron chi connectivity index (χ1n) is 6.27. The lowest BCUT2D eigenvalue weighted by Gasteiger charge is -2.28. The van der Waals surface area contributed by atoms with Gasteiger partial charge in [-0.05, 0) is 40.5 Å². The molecule has 0 aliphatic rings. The highest BCUT2D eigenvalue weighted by atomic mass is 79.9. The lowest BCUT2D eigenvalue weighted by atomic mass is 10.1. The van der Waals surface area contributed by atoms with Gasteiger partial charge in [-0.15, -0.1) is 0 Å². The third-order valence-corrected chi connectivity index (χ3v) is 3.65. The maximum atomic E-state index is 9.51. The van der Waals surface area contributed by atoms with Crippen molar-refractivity contribution in [2.24, 2.45) is 0 Å².